The zero-order valence-corrected chi connectivity index (χ0v) is 8.47. The highest BCUT2D eigenvalue weighted by molar-refractivity contribution is 4.78. The molecule has 1 aliphatic rings. The summed E-state index contributed by atoms with van der Waals surface area (Å²) in [7, 11) is 0. The van der Waals surface area contributed by atoms with Gasteiger partial charge in [0.1, 0.15) is 0 Å². The zero-order chi connectivity index (χ0) is 8.97. The van der Waals surface area contributed by atoms with Gasteiger partial charge < -0.3 is 10.1 Å². The van der Waals surface area contributed by atoms with Crippen LogP contribution in [0.25, 0.3) is 0 Å². The molecular weight excluding hydrogens is 150 g/mol. The van der Waals surface area contributed by atoms with Crippen molar-refractivity contribution in [3.63, 3.8) is 0 Å². The van der Waals surface area contributed by atoms with Gasteiger partial charge in [0.05, 0.1) is 6.10 Å². The largest absolute Gasteiger partial charge is 0.377 e. The molecule has 0 aliphatic carbocycles. The highest BCUT2D eigenvalue weighted by atomic mass is 16.5. The van der Waals surface area contributed by atoms with Crippen LogP contribution >= 0.6 is 0 Å². The topological polar surface area (TPSA) is 21.3 Å². The van der Waals surface area contributed by atoms with E-state index in [1.807, 2.05) is 0 Å². The van der Waals surface area contributed by atoms with Crippen LogP contribution in [0.3, 0.4) is 0 Å². The van der Waals surface area contributed by atoms with Crippen molar-refractivity contribution in [2.45, 2.75) is 45.8 Å². The van der Waals surface area contributed by atoms with Crippen LogP contribution in [0, 0.1) is 5.92 Å². The van der Waals surface area contributed by atoms with E-state index in [2.05, 4.69) is 26.1 Å². The molecule has 1 saturated heterocycles. The maximum atomic E-state index is 5.72. The molecule has 0 saturated carbocycles. The average Bonchev–Trinajstić information content (AvgIpc) is 2.35. The van der Waals surface area contributed by atoms with E-state index in [-0.39, 0.29) is 0 Å². The van der Waals surface area contributed by atoms with Crippen molar-refractivity contribution in [2.24, 2.45) is 5.92 Å². The Labute approximate surface area is 75.7 Å². The van der Waals surface area contributed by atoms with Gasteiger partial charge in [-0.2, -0.15) is 0 Å². The van der Waals surface area contributed by atoms with Gasteiger partial charge in [0.25, 0.3) is 0 Å². The first kappa shape index (κ1) is 10.0. The average molecular weight is 171 g/mol. The second kappa shape index (κ2) is 4.83. The summed E-state index contributed by atoms with van der Waals surface area (Å²) in [5.74, 6) is 0.761. The van der Waals surface area contributed by atoms with Crippen LogP contribution in [0.1, 0.15) is 33.6 Å². The maximum Gasteiger partial charge on any atom is 0.0714 e. The molecule has 0 aromatic heterocycles. The minimum atomic E-state index is 0.471. The minimum absolute atomic E-state index is 0.471. The van der Waals surface area contributed by atoms with Crippen molar-refractivity contribution < 1.29 is 4.74 Å². The van der Waals surface area contributed by atoms with Crippen LogP contribution in [-0.2, 0) is 4.74 Å². The summed E-state index contributed by atoms with van der Waals surface area (Å²) in [4.78, 5) is 0. The SMILES string of the molecule is CC(C)CCO[C@@H]1CN[C@@H](C)C1. The number of hydrogen-bond donors (Lipinski definition) is 1. The number of nitrogens with one attached hydrogen (secondary N) is 1. The molecule has 0 spiro atoms. The molecule has 0 radical (unpaired) electrons. The molecule has 0 aromatic carbocycles. The molecule has 2 atom stereocenters. The van der Waals surface area contributed by atoms with E-state index in [0.717, 1.165) is 19.1 Å². The molecule has 1 aliphatic heterocycles. The van der Waals surface area contributed by atoms with Crippen LogP contribution in [0.5, 0.6) is 0 Å². The van der Waals surface area contributed by atoms with Crippen LogP contribution in [-0.4, -0.2) is 25.3 Å². The molecule has 0 unspecified atom stereocenters. The van der Waals surface area contributed by atoms with Crippen molar-refractivity contribution in [3.8, 4) is 0 Å². The summed E-state index contributed by atoms with van der Waals surface area (Å²) >= 11 is 0. The Morgan fingerprint density at radius 1 is 1.50 bits per heavy atom. The van der Waals surface area contributed by atoms with Gasteiger partial charge in [-0.05, 0) is 25.7 Å². The molecule has 1 heterocycles. The van der Waals surface area contributed by atoms with Crippen molar-refractivity contribution in [3.05, 3.63) is 0 Å². The van der Waals surface area contributed by atoms with E-state index in [1.165, 1.54) is 12.8 Å². The van der Waals surface area contributed by atoms with Crippen LogP contribution in [0.15, 0.2) is 0 Å². The first-order valence-electron chi connectivity index (χ1n) is 5.03. The van der Waals surface area contributed by atoms with Gasteiger partial charge in [0.15, 0.2) is 0 Å². The molecule has 1 fully saturated rings. The first-order chi connectivity index (χ1) is 5.68. The Hall–Kier alpha value is -0.0800. The van der Waals surface area contributed by atoms with E-state index < -0.39 is 0 Å². The van der Waals surface area contributed by atoms with E-state index in [9.17, 15) is 0 Å². The monoisotopic (exact) mass is 171 g/mol. The predicted octanol–water partition coefficient (Wildman–Crippen LogP) is 1.80. The maximum absolute atomic E-state index is 5.72. The minimum Gasteiger partial charge on any atom is -0.377 e. The molecule has 72 valence electrons. The Bertz CT molecular complexity index is 125. The summed E-state index contributed by atoms with van der Waals surface area (Å²) in [6, 6.07) is 0.647. The van der Waals surface area contributed by atoms with Crippen molar-refractivity contribution in [2.75, 3.05) is 13.2 Å². The highest BCUT2D eigenvalue weighted by Crippen LogP contribution is 2.10. The van der Waals surface area contributed by atoms with Crippen LogP contribution in [0.4, 0.5) is 0 Å². The third kappa shape index (κ3) is 3.55. The molecule has 2 heteroatoms. The molecule has 1 N–H and O–H groups in total. The standard InChI is InChI=1S/C10H21NO/c1-8(2)4-5-12-10-6-9(3)11-7-10/h8-11H,4-7H2,1-3H3/t9-,10-/m0/s1. The molecule has 12 heavy (non-hydrogen) atoms. The molecule has 0 aromatic rings. The first-order valence-corrected chi connectivity index (χ1v) is 5.03. The Morgan fingerprint density at radius 3 is 2.75 bits per heavy atom. The van der Waals surface area contributed by atoms with Crippen LogP contribution in [0.2, 0.25) is 0 Å². The number of hydrogen-bond acceptors (Lipinski definition) is 2. The predicted molar refractivity (Wildman–Crippen MR) is 51.3 cm³/mol. The van der Waals surface area contributed by atoms with Gasteiger partial charge in [-0.3, -0.25) is 0 Å². The molecule has 0 bridgehead atoms. The van der Waals surface area contributed by atoms with Gasteiger partial charge in [-0.1, -0.05) is 13.8 Å². The number of rotatable bonds is 4. The van der Waals surface area contributed by atoms with Gasteiger partial charge >= 0.3 is 0 Å². The smallest absolute Gasteiger partial charge is 0.0714 e. The lowest BCUT2D eigenvalue weighted by molar-refractivity contribution is 0.0585. The lowest BCUT2D eigenvalue weighted by atomic mass is 10.1. The van der Waals surface area contributed by atoms with Gasteiger partial charge in [-0.15, -0.1) is 0 Å². The summed E-state index contributed by atoms with van der Waals surface area (Å²) in [6.45, 7) is 8.65. The lowest BCUT2D eigenvalue weighted by Crippen LogP contribution is -2.19. The van der Waals surface area contributed by atoms with E-state index in [1.54, 1.807) is 0 Å². The van der Waals surface area contributed by atoms with Crippen molar-refractivity contribution >= 4 is 0 Å². The normalized spacial score (nSPS) is 30.0. The van der Waals surface area contributed by atoms with Crippen LogP contribution < -0.4 is 5.32 Å². The zero-order valence-electron chi connectivity index (χ0n) is 8.47. The fourth-order valence-electron chi connectivity index (χ4n) is 1.49. The van der Waals surface area contributed by atoms with Crippen molar-refractivity contribution in [1.29, 1.82) is 0 Å². The lowest BCUT2D eigenvalue weighted by Gasteiger charge is -2.11. The van der Waals surface area contributed by atoms with Gasteiger partial charge in [0.2, 0.25) is 0 Å². The summed E-state index contributed by atoms with van der Waals surface area (Å²) in [5, 5.41) is 3.38. The van der Waals surface area contributed by atoms with Crippen molar-refractivity contribution in [1.82, 2.24) is 5.32 Å². The summed E-state index contributed by atoms with van der Waals surface area (Å²) in [5.41, 5.74) is 0. The fraction of sp³-hybridized carbons (Fsp3) is 1.00. The summed E-state index contributed by atoms with van der Waals surface area (Å²) < 4.78 is 5.72. The van der Waals surface area contributed by atoms with E-state index in [4.69, 9.17) is 4.74 Å². The van der Waals surface area contributed by atoms with E-state index in [0.29, 0.717) is 12.1 Å². The quantitative estimate of drug-likeness (QED) is 0.696. The molecule has 2 nitrogen and oxygen atoms in total. The molecule has 1 rings (SSSR count). The Morgan fingerprint density at radius 2 is 2.25 bits per heavy atom. The molecule has 0 amide bonds. The second-order valence-corrected chi connectivity index (χ2v) is 4.22. The van der Waals surface area contributed by atoms with Gasteiger partial charge in [0, 0.05) is 19.2 Å². The third-order valence-corrected chi connectivity index (χ3v) is 2.36. The Kier molecular flexibility index (Phi) is 4.02. The summed E-state index contributed by atoms with van der Waals surface area (Å²) in [6.07, 6.45) is 2.84. The van der Waals surface area contributed by atoms with Gasteiger partial charge in [-0.25, -0.2) is 0 Å². The number of ether oxygens (including phenoxy) is 1. The Balaban J connectivity index is 2.00. The molecular formula is C10H21NO. The third-order valence-electron chi connectivity index (χ3n) is 2.36. The highest BCUT2D eigenvalue weighted by Gasteiger charge is 2.20. The fourth-order valence-corrected chi connectivity index (χ4v) is 1.49. The van der Waals surface area contributed by atoms with E-state index >= 15 is 0 Å². The second-order valence-electron chi connectivity index (χ2n) is 4.22.